The summed E-state index contributed by atoms with van der Waals surface area (Å²) < 4.78 is 18.7. The number of anilines is 1. The van der Waals surface area contributed by atoms with Gasteiger partial charge in [0.05, 0.1) is 12.7 Å². The van der Waals surface area contributed by atoms with Crippen molar-refractivity contribution in [2.24, 2.45) is 0 Å². The third-order valence-corrected chi connectivity index (χ3v) is 3.92. The van der Waals surface area contributed by atoms with Crippen molar-refractivity contribution in [1.82, 2.24) is 15.3 Å². The van der Waals surface area contributed by atoms with Crippen molar-refractivity contribution in [2.75, 3.05) is 12.4 Å². The monoisotopic (exact) mass is 366 g/mol. The molecule has 7 heteroatoms. The van der Waals surface area contributed by atoms with Gasteiger partial charge in [-0.15, -0.1) is 0 Å². The third-order valence-electron chi connectivity index (χ3n) is 3.92. The van der Waals surface area contributed by atoms with Gasteiger partial charge in [0.15, 0.2) is 0 Å². The van der Waals surface area contributed by atoms with E-state index < -0.39 is 0 Å². The van der Waals surface area contributed by atoms with E-state index in [2.05, 4.69) is 20.6 Å². The van der Waals surface area contributed by atoms with Gasteiger partial charge in [0.1, 0.15) is 11.6 Å². The summed E-state index contributed by atoms with van der Waals surface area (Å²) in [4.78, 5) is 20.4. The molecule has 6 nitrogen and oxygen atoms in total. The summed E-state index contributed by atoms with van der Waals surface area (Å²) in [5.41, 5.74) is 1.82. The number of benzene rings is 2. The highest BCUT2D eigenvalue weighted by Crippen LogP contribution is 2.11. The van der Waals surface area contributed by atoms with Gasteiger partial charge >= 0.3 is 0 Å². The molecular formula is C20H19FN4O2. The maximum Gasteiger partial charge on any atom is 0.254 e. The fourth-order valence-electron chi connectivity index (χ4n) is 2.38. The number of carbonyl (C=O) groups is 1. The summed E-state index contributed by atoms with van der Waals surface area (Å²) in [5.74, 6) is 0.521. The average Bonchev–Trinajstić information content (AvgIpc) is 2.72. The van der Waals surface area contributed by atoms with Crippen LogP contribution in [0, 0.1) is 5.82 Å². The number of ether oxygens (including phenoxy) is 1. The number of nitrogens with one attached hydrogen (secondary N) is 2. The molecule has 0 aliphatic carbocycles. The van der Waals surface area contributed by atoms with E-state index >= 15 is 0 Å². The van der Waals surface area contributed by atoms with Crippen molar-refractivity contribution in [3.63, 3.8) is 0 Å². The zero-order chi connectivity index (χ0) is 19.1. The largest absolute Gasteiger partial charge is 0.497 e. The van der Waals surface area contributed by atoms with Crippen molar-refractivity contribution in [2.45, 2.75) is 13.1 Å². The van der Waals surface area contributed by atoms with Crippen LogP contribution < -0.4 is 15.4 Å². The Hall–Kier alpha value is -3.48. The molecule has 0 saturated heterocycles. The second kappa shape index (κ2) is 8.75. The molecule has 27 heavy (non-hydrogen) atoms. The number of rotatable bonds is 7. The number of hydrogen-bond acceptors (Lipinski definition) is 5. The molecule has 0 aliphatic rings. The smallest absolute Gasteiger partial charge is 0.254 e. The summed E-state index contributed by atoms with van der Waals surface area (Å²) in [7, 11) is 1.60. The maximum atomic E-state index is 13.6. The standard InChI is InChI=1S/C20H19FN4O2/c1-27-17-8-6-14(7-9-17)10-22-19(26)16-12-24-20(25-13-16)23-11-15-4-2-3-5-18(15)21/h2-9,12-13H,10-11H2,1H3,(H,22,26)(H,23,24,25). The molecule has 0 saturated carbocycles. The predicted molar refractivity (Wildman–Crippen MR) is 99.9 cm³/mol. The zero-order valence-electron chi connectivity index (χ0n) is 14.8. The van der Waals surface area contributed by atoms with Crippen LogP contribution in [0.4, 0.5) is 10.3 Å². The molecule has 0 radical (unpaired) electrons. The molecule has 1 aromatic heterocycles. The summed E-state index contributed by atoms with van der Waals surface area (Å²) in [6, 6.07) is 13.9. The van der Waals surface area contributed by atoms with Crippen LogP contribution in [0.15, 0.2) is 60.9 Å². The van der Waals surface area contributed by atoms with Crippen LogP contribution in [0.1, 0.15) is 21.5 Å². The van der Waals surface area contributed by atoms with Gasteiger partial charge in [0.2, 0.25) is 5.95 Å². The first-order valence-corrected chi connectivity index (χ1v) is 8.36. The van der Waals surface area contributed by atoms with Gasteiger partial charge in [-0.2, -0.15) is 0 Å². The number of aromatic nitrogens is 2. The molecule has 2 N–H and O–H groups in total. The van der Waals surface area contributed by atoms with Gasteiger partial charge < -0.3 is 15.4 Å². The van der Waals surface area contributed by atoms with Gasteiger partial charge in [-0.3, -0.25) is 4.79 Å². The molecule has 1 heterocycles. The highest BCUT2D eigenvalue weighted by atomic mass is 19.1. The van der Waals surface area contributed by atoms with Crippen molar-refractivity contribution in [3.8, 4) is 5.75 Å². The summed E-state index contributed by atoms with van der Waals surface area (Å²) >= 11 is 0. The second-order valence-corrected chi connectivity index (χ2v) is 5.77. The van der Waals surface area contributed by atoms with Gasteiger partial charge in [-0.05, 0) is 23.8 Å². The Balaban J connectivity index is 1.52. The molecule has 3 aromatic rings. The number of methoxy groups -OCH3 is 1. The Labute approximate surface area is 156 Å². The molecule has 0 unspecified atom stereocenters. The van der Waals surface area contributed by atoms with Gasteiger partial charge in [-0.25, -0.2) is 14.4 Å². The molecule has 0 aliphatic heterocycles. The van der Waals surface area contributed by atoms with E-state index in [-0.39, 0.29) is 18.3 Å². The maximum absolute atomic E-state index is 13.6. The summed E-state index contributed by atoms with van der Waals surface area (Å²) in [6.45, 7) is 0.645. The highest BCUT2D eigenvalue weighted by Gasteiger charge is 2.08. The summed E-state index contributed by atoms with van der Waals surface area (Å²) in [6.07, 6.45) is 2.86. The number of nitrogens with zero attached hydrogens (tertiary/aromatic N) is 2. The minimum atomic E-state index is -0.292. The number of amides is 1. The van der Waals surface area contributed by atoms with E-state index in [1.54, 1.807) is 25.3 Å². The van der Waals surface area contributed by atoms with E-state index in [4.69, 9.17) is 4.74 Å². The number of hydrogen-bond donors (Lipinski definition) is 2. The van der Waals surface area contributed by atoms with E-state index in [1.165, 1.54) is 18.5 Å². The van der Waals surface area contributed by atoms with Crippen LogP contribution in [-0.2, 0) is 13.1 Å². The Morgan fingerprint density at radius 2 is 1.74 bits per heavy atom. The minimum Gasteiger partial charge on any atom is -0.497 e. The van der Waals surface area contributed by atoms with Crippen molar-refractivity contribution >= 4 is 11.9 Å². The van der Waals surface area contributed by atoms with Crippen molar-refractivity contribution in [3.05, 3.63) is 83.4 Å². The van der Waals surface area contributed by atoms with Crippen LogP contribution in [0.5, 0.6) is 5.75 Å². The fraction of sp³-hybridized carbons (Fsp3) is 0.150. The van der Waals surface area contributed by atoms with Crippen LogP contribution in [0.25, 0.3) is 0 Å². The Morgan fingerprint density at radius 1 is 1.04 bits per heavy atom. The molecule has 0 atom stereocenters. The van der Waals surface area contributed by atoms with E-state index in [0.29, 0.717) is 23.6 Å². The first kappa shape index (κ1) is 18.3. The van der Waals surface area contributed by atoms with Crippen LogP contribution >= 0.6 is 0 Å². The Bertz CT molecular complexity index is 899. The van der Waals surface area contributed by atoms with Crippen molar-refractivity contribution < 1.29 is 13.9 Å². The van der Waals surface area contributed by atoms with Gasteiger partial charge in [0.25, 0.3) is 5.91 Å². The minimum absolute atomic E-state index is 0.260. The van der Waals surface area contributed by atoms with Crippen molar-refractivity contribution in [1.29, 1.82) is 0 Å². The molecule has 1 amide bonds. The predicted octanol–water partition coefficient (Wildman–Crippen LogP) is 3.17. The van der Waals surface area contributed by atoms with Gasteiger partial charge in [-0.1, -0.05) is 30.3 Å². The molecule has 0 bridgehead atoms. The van der Waals surface area contributed by atoms with Crippen LogP contribution in [-0.4, -0.2) is 23.0 Å². The molecule has 0 fully saturated rings. The molecule has 0 spiro atoms. The Morgan fingerprint density at radius 3 is 2.41 bits per heavy atom. The van der Waals surface area contributed by atoms with E-state index in [1.807, 2.05) is 24.3 Å². The first-order valence-electron chi connectivity index (χ1n) is 8.36. The zero-order valence-corrected chi connectivity index (χ0v) is 14.8. The fourth-order valence-corrected chi connectivity index (χ4v) is 2.38. The molecule has 3 rings (SSSR count). The number of halogens is 1. The normalized spacial score (nSPS) is 10.3. The molecule has 138 valence electrons. The lowest BCUT2D eigenvalue weighted by Crippen LogP contribution is -2.23. The second-order valence-electron chi connectivity index (χ2n) is 5.77. The summed E-state index contributed by atoms with van der Waals surface area (Å²) in [5, 5.41) is 5.74. The quantitative estimate of drug-likeness (QED) is 0.672. The first-order chi connectivity index (χ1) is 13.2. The van der Waals surface area contributed by atoms with Crippen LogP contribution in [0.3, 0.4) is 0 Å². The van der Waals surface area contributed by atoms with E-state index in [9.17, 15) is 9.18 Å². The highest BCUT2D eigenvalue weighted by molar-refractivity contribution is 5.93. The van der Waals surface area contributed by atoms with E-state index in [0.717, 1.165) is 11.3 Å². The molecule has 2 aromatic carbocycles. The van der Waals surface area contributed by atoms with Crippen LogP contribution in [0.2, 0.25) is 0 Å². The van der Waals surface area contributed by atoms with Gasteiger partial charge in [0, 0.05) is 31.0 Å². The third kappa shape index (κ3) is 5.01. The topological polar surface area (TPSA) is 76.1 Å². The molecular weight excluding hydrogens is 347 g/mol. The lowest BCUT2D eigenvalue weighted by Gasteiger charge is -2.08. The Kier molecular flexibility index (Phi) is 5.94. The lowest BCUT2D eigenvalue weighted by atomic mass is 10.2. The average molecular weight is 366 g/mol. The lowest BCUT2D eigenvalue weighted by molar-refractivity contribution is 0.0950. The number of carbonyl (C=O) groups excluding carboxylic acids is 1. The SMILES string of the molecule is COc1ccc(CNC(=O)c2cnc(NCc3ccccc3F)nc2)cc1.